The van der Waals surface area contributed by atoms with Crippen molar-refractivity contribution in [3.63, 3.8) is 0 Å². The smallest absolute Gasteiger partial charge is 0.133 e. The number of methoxy groups -OCH3 is 1. The molecule has 1 heterocycles. The molecule has 1 aliphatic heterocycles. The van der Waals surface area contributed by atoms with Gasteiger partial charge in [-0.3, -0.25) is 0 Å². The van der Waals surface area contributed by atoms with Gasteiger partial charge in [0.25, 0.3) is 0 Å². The first kappa shape index (κ1) is 14.2. The van der Waals surface area contributed by atoms with E-state index >= 15 is 0 Å². The minimum Gasteiger partial charge on any atom is -0.497 e. The van der Waals surface area contributed by atoms with E-state index < -0.39 is 11.9 Å². The maximum atomic E-state index is 14.1. The standard InChI is InChI=1S/C16H14ClFO3/c1-20-11-2-3-12(14(18)8-11)15(19)13-7-10(17)6-9-4-5-21-16(9)13/h2-3,6-8,15,19H,4-5H2,1H3. The van der Waals surface area contributed by atoms with Crippen LogP contribution in [0.15, 0.2) is 30.3 Å². The molecule has 1 aliphatic rings. The Morgan fingerprint density at radius 1 is 1.29 bits per heavy atom. The predicted molar refractivity (Wildman–Crippen MR) is 77.7 cm³/mol. The van der Waals surface area contributed by atoms with E-state index in [0.29, 0.717) is 28.7 Å². The molecule has 0 saturated heterocycles. The van der Waals surface area contributed by atoms with Crippen molar-refractivity contribution in [2.75, 3.05) is 13.7 Å². The highest BCUT2D eigenvalue weighted by molar-refractivity contribution is 6.30. The van der Waals surface area contributed by atoms with E-state index in [0.717, 1.165) is 12.0 Å². The summed E-state index contributed by atoms with van der Waals surface area (Å²) in [4.78, 5) is 0. The Morgan fingerprint density at radius 2 is 2.10 bits per heavy atom. The van der Waals surface area contributed by atoms with E-state index in [-0.39, 0.29) is 5.56 Å². The molecule has 0 bridgehead atoms. The first-order valence-electron chi connectivity index (χ1n) is 6.56. The average molecular weight is 309 g/mol. The minimum atomic E-state index is -1.14. The summed E-state index contributed by atoms with van der Waals surface area (Å²) in [5, 5.41) is 11.0. The molecule has 0 aromatic heterocycles. The Bertz CT molecular complexity index is 687. The van der Waals surface area contributed by atoms with Gasteiger partial charge in [0, 0.05) is 28.6 Å². The van der Waals surface area contributed by atoms with Crippen LogP contribution in [0.3, 0.4) is 0 Å². The van der Waals surface area contributed by atoms with Crippen molar-refractivity contribution in [1.29, 1.82) is 0 Å². The van der Waals surface area contributed by atoms with Gasteiger partial charge in [0.05, 0.1) is 13.7 Å². The predicted octanol–water partition coefficient (Wildman–Crippen LogP) is 3.50. The van der Waals surface area contributed by atoms with E-state index in [1.54, 1.807) is 12.1 Å². The van der Waals surface area contributed by atoms with Gasteiger partial charge in [0.15, 0.2) is 0 Å². The number of aliphatic hydroxyl groups excluding tert-OH is 1. The molecule has 0 radical (unpaired) electrons. The fourth-order valence-corrected chi connectivity index (χ4v) is 2.77. The van der Waals surface area contributed by atoms with Gasteiger partial charge in [0.1, 0.15) is 23.4 Å². The molecule has 21 heavy (non-hydrogen) atoms. The SMILES string of the molecule is COc1ccc(C(O)c2cc(Cl)cc3c2OCC3)c(F)c1. The lowest BCUT2D eigenvalue weighted by Gasteiger charge is -2.16. The van der Waals surface area contributed by atoms with Gasteiger partial charge < -0.3 is 14.6 Å². The fourth-order valence-electron chi connectivity index (χ4n) is 2.53. The fraction of sp³-hybridized carbons (Fsp3) is 0.250. The molecule has 110 valence electrons. The molecule has 1 N–H and O–H groups in total. The molecule has 1 unspecified atom stereocenters. The maximum Gasteiger partial charge on any atom is 0.133 e. The third-order valence-electron chi connectivity index (χ3n) is 3.57. The number of benzene rings is 2. The van der Waals surface area contributed by atoms with Gasteiger partial charge in [-0.2, -0.15) is 0 Å². The van der Waals surface area contributed by atoms with Crippen LogP contribution in [0.2, 0.25) is 5.02 Å². The molecule has 0 aliphatic carbocycles. The molecule has 0 spiro atoms. The quantitative estimate of drug-likeness (QED) is 0.943. The van der Waals surface area contributed by atoms with Crippen molar-refractivity contribution in [3.8, 4) is 11.5 Å². The molecule has 3 nitrogen and oxygen atoms in total. The van der Waals surface area contributed by atoms with Crippen LogP contribution in [0.25, 0.3) is 0 Å². The number of hydrogen-bond acceptors (Lipinski definition) is 3. The Balaban J connectivity index is 2.05. The number of rotatable bonds is 3. The van der Waals surface area contributed by atoms with Crippen molar-refractivity contribution in [2.45, 2.75) is 12.5 Å². The summed E-state index contributed by atoms with van der Waals surface area (Å²) in [5.74, 6) is 0.465. The second kappa shape index (κ2) is 5.54. The second-order valence-corrected chi connectivity index (χ2v) is 5.31. The third kappa shape index (κ3) is 2.57. The Morgan fingerprint density at radius 3 is 2.81 bits per heavy atom. The summed E-state index contributed by atoms with van der Waals surface area (Å²) in [6.07, 6.45) is -0.401. The van der Waals surface area contributed by atoms with E-state index in [1.807, 2.05) is 6.07 Å². The topological polar surface area (TPSA) is 38.7 Å². The van der Waals surface area contributed by atoms with Crippen LogP contribution in [-0.2, 0) is 6.42 Å². The largest absolute Gasteiger partial charge is 0.497 e. The highest BCUT2D eigenvalue weighted by Gasteiger charge is 2.25. The van der Waals surface area contributed by atoms with Gasteiger partial charge in [-0.1, -0.05) is 11.6 Å². The zero-order valence-electron chi connectivity index (χ0n) is 11.4. The molecule has 5 heteroatoms. The third-order valence-corrected chi connectivity index (χ3v) is 3.79. The van der Waals surface area contributed by atoms with E-state index in [9.17, 15) is 9.50 Å². The molecule has 0 amide bonds. The van der Waals surface area contributed by atoms with Crippen LogP contribution in [-0.4, -0.2) is 18.8 Å². The molecule has 2 aromatic rings. The number of halogens is 2. The Labute approximate surface area is 126 Å². The molecular weight excluding hydrogens is 295 g/mol. The van der Waals surface area contributed by atoms with Crippen molar-refractivity contribution in [2.24, 2.45) is 0 Å². The summed E-state index contributed by atoms with van der Waals surface area (Å²) in [7, 11) is 1.46. The summed E-state index contributed by atoms with van der Waals surface area (Å²) in [6.45, 7) is 0.542. The van der Waals surface area contributed by atoms with E-state index in [4.69, 9.17) is 21.1 Å². The van der Waals surface area contributed by atoms with Crippen LogP contribution in [0.1, 0.15) is 22.8 Å². The van der Waals surface area contributed by atoms with Gasteiger partial charge in [-0.05, 0) is 29.8 Å². The minimum absolute atomic E-state index is 0.163. The number of hydrogen-bond donors (Lipinski definition) is 1. The van der Waals surface area contributed by atoms with Crippen molar-refractivity contribution < 1.29 is 19.0 Å². The van der Waals surface area contributed by atoms with Crippen LogP contribution >= 0.6 is 11.6 Å². The summed E-state index contributed by atoms with van der Waals surface area (Å²) < 4.78 is 24.6. The zero-order chi connectivity index (χ0) is 15.0. The van der Waals surface area contributed by atoms with Gasteiger partial charge in [-0.25, -0.2) is 4.39 Å². The van der Waals surface area contributed by atoms with Gasteiger partial charge in [-0.15, -0.1) is 0 Å². The normalized spacial score (nSPS) is 14.5. The first-order chi connectivity index (χ1) is 10.1. The molecule has 0 saturated carbocycles. The second-order valence-electron chi connectivity index (χ2n) is 4.87. The zero-order valence-corrected chi connectivity index (χ0v) is 12.2. The first-order valence-corrected chi connectivity index (χ1v) is 6.94. The summed E-state index contributed by atoms with van der Waals surface area (Å²) >= 11 is 6.07. The highest BCUT2D eigenvalue weighted by atomic mass is 35.5. The van der Waals surface area contributed by atoms with Crippen LogP contribution in [0.4, 0.5) is 4.39 Å². The lowest BCUT2D eigenvalue weighted by atomic mass is 9.97. The summed E-state index contributed by atoms with van der Waals surface area (Å²) in [6, 6.07) is 7.77. The molecule has 3 rings (SSSR count). The van der Waals surface area contributed by atoms with Crippen molar-refractivity contribution in [3.05, 3.63) is 57.9 Å². The molecule has 2 aromatic carbocycles. The number of fused-ring (bicyclic) bond motifs is 1. The highest BCUT2D eigenvalue weighted by Crippen LogP contribution is 2.39. The monoisotopic (exact) mass is 308 g/mol. The van der Waals surface area contributed by atoms with Crippen molar-refractivity contribution >= 4 is 11.6 Å². The van der Waals surface area contributed by atoms with E-state index in [1.165, 1.54) is 19.2 Å². The van der Waals surface area contributed by atoms with Crippen LogP contribution in [0, 0.1) is 5.82 Å². The Hall–Kier alpha value is -1.78. The number of ether oxygens (including phenoxy) is 2. The van der Waals surface area contributed by atoms with E-state index in [2.05, 4.69) is 0 Å². The molecule has 1 atom stereocenters. The molecule has 0 fully saturated rings. The lowest BCUT2D eigenvalue weighted by Crippen LogP contribution is -2.05. The summed E-state index contributed by atoms with van der Waals surface area (Å²) in [5.41, 5.74) is 1.58. The average Bonchev–Trinajstić information content (AvgIpc) is 2.93. The molecular formula is C16H14ClFO3. The van der Waals surface area contributed by atoms with Crippen molar-refractivity contribution in [1.82, 2.24) is 0 Å². The Kier molecular flexibility index (Phi) is 3.74. The van der Waals surface area contributed by atoms with Crippen LogP contribution < -0.4 is 9.47 Å². The van der Waals surface area contributed by atoms with Gasteiger partial charge in [0.2, 0.25) is 0 Å². The van der Waals surface area contributed by atoms with Crippen LogP contribution in [0.5, 0.6) is 11.5 Å². The lowest BCUT2D eigenvalue weighted by molar-refractivity contribution is 0.208. The van der Waals surface area contributed by atoms with Gasteiger partial charge >= 0.3 is 0 Å². The number of aliphatic hydroxyl groups is 1. The maximum absolute atomic E-state index is 14.1.